The normalized spacial score (nSPS) is 11.3. The molecule has 4 rings (SSSR count). The summed E-state index contributed by atoms with van der Waals surface area (Å²) in [5, 5.41) is 11.8. The summed E-state index contributed by atoms with van der Waals surface area (Å²) >= 11 is 0. The summed E-state index contributed by atoms with van der Waals surface area (Å²) in [6, 6.07) is 20.5. The van der Waals surface area contributed by atoms with Crippen molar-refractivity contribution >= 4 is 21.8 Å². The Morgan fingerprint density at radius 2 is 1.68 bits per heavy atom. The molecule has 0 unspecified atom stereocenters. The Kier molecular flexibility index (Phi) is 3.13. The third-order valence-electron chi connectivity index (χ3n) is 4.07. The lowest BCUT2D eigenvalue weighted by molar-refractivity contribution is 0.282. The molecule has 0 fully saturated rings. The number of nitrogens with zero attached hydrogens (tertiary/aromatic N) is 2. The van der Waals surface area contributed by atoms with E-state index in [-0.39, 0.29) is 6.61 Å². The highest BCUT2D eigenvalue weighted by Gasteiger charge is 2.11. The maximum atomic E-state index is 9.39. The predicted molar refractivity (Wildman–Crippen MR) is 88.7 cm³/mol. The number of benzene rings is 2. The van der Waals surface area contributed by atoms with E-state index in [9.17, 15) is 5.11 Å². The van der Waals surface area contributed by atoms with E-state index >= 15 is 0 Å². The first-order valence-corrected chi connectivity index (χ1v) is 7.37. The Morgan fingerprint density at radius 1 is 0.864 bits per heavy atom. The van der Waals surface area contributed by atoms with Gasteiger partial charge < -0.3 is 9.67 Å². The molecule has 0 aliphatic rings. The van der Waals surface area contributed by atoms with Gasteiger partial charge in [0.15, 0.2) is 0 Å². The number of para-hydroxylation sites is 1. The minimum atomic E-state index is 0.0652. The van der Waals surface area contributed by atoms with Crippen molar-refractivity contribution in [2.45, 2.75) is 13.2 Å². The van der Waals surface area contributed by atoms with Crippen molar-refractivity contribution in [3.05, 3.63) is 78.1 Å². The fourth-order valence-electron chi connectivity index (χ4n) is 3.02. The average Bonchev–Trinajstić information content (AvgIpc) is 2.89. The molecule has 0 aliphatic heterocycles. The van der Waals surface area contributed by atoms with Gasteiger partial charge in [-0.3, -0.25) is 4.98 Å². The Balaban J connectivity index is 1.99. The molecule has 2 aromatic carbocycles. The number of hydrogen-bond donors (Lipinski definition) is 1. The quantitative estimate of drug-likeness (QED) is 0.624. The molecule has 0 spiro atoms. The summed E-state index contributed by atoms with van der Waals surface area (Å²) in [6.45, 7) is 0.805. The Bertz CT molecular complexity index is 942. The number of aliphatic hydroxyl groups is 1. The summed E-state index contributed by atoms with van der Waals surface area (Å²) < 4.78 is 2.29. The summed E-state index contributed by atoms with van der Waals surface area (Å²) in [5.41, 5.74) is 4.34. The molecule has 0 saturated carbocycles. The second-order valence-electron chi connectivity index (χ2n) is 5.43. The first-order chi connectivity index (χ1) is 10.9. The minimum absolute atomic E-state index is 0.0652. The van der Waals surface area contributed by atoms with Crippen LogP contribution in [0.2, 0.25) is 0 Å². The van der Waals surface area contributed by atoms with Gasteiger partial charge in [-0.25, -0.2) is 0 Å². The number of pyridine rings is 1. The molecular weight excluding hydrogens is 272 g/mol. The molecule has 0 bridgehead atoms. The lowest BCUT2D eigenvalue weighted by atomic mass is 10.1. The number of fused-ring (bicyclic) bond motifs is 3. The standard InChI is InChI=1S/C19H16N2O/c22-13-14-8-9-19-17(11-14)16-6-1-2-7-18(16)21(19)12-15-5-3-4-10-20-15/h1-11,22H,12-13H2. The van der Waals surface area contributed by atoms with E-state index in [2.05, 4.69) is 45.9 Å². The molecule has 2 aromatic heterocycles. The van der Waals surface area contributed by atoms with Crippen molar-refractivity contribution in [2.24, 2.45) is 0 Å². The molecule has 0 aliphatic carbocycles. The lowest BCUT2D eigenvalue weighted by Gasteiger charge is -2.07. The molecule has 22 heavy (non-hydrogen) atoms. The molecule has 1 N–H and O–H groups in total. The third-order valence-corrected chi connectivity index (χ3v) is 4.07. The van der Waals surface area contributed by atoms with Crippen molar-refractivity contribution in [1.82, 2.24) is 9.55 Å². The minimum Gasteiger partial charge on any atom is -0.392 e. The van der Waals surface area contributed by atoms with Gasteiger partial charge in [-0.15, -0.1) is 0 Å². The maximum absolute atomic E-state index is 9.39. The van der Waals surface area contributed by atoms with E-state index in [4.69, 9.17) is 0 Å². The summed E-state index contributed by atoms with van der Waals surface area (Å²) in [6.07, 6.45) is 1.83. The van der Waals surface area contributed by atoms with Gasteiger partial charge in [0.25, 0.3) is 0 Å². The topological polar surface area (TPSA) is 38.0 Å². The number of hydrogen-bond acceptors (Lipinski definition) is 2. The van der Waals surface area contributed by atoms with Gasteiger partial charge in [0, 0.05) is 28.0 Å². The van der Waals surface area contributed by atoms with E-state index in [0.717, 1.165) is 17.8 Å². The zero-order valence-corrected chi connectivity index (χ0v) is 12.1. The number of rotatable bonds is 3. The van der Waals surface area contributed by atoms with E-state index in [1.54, 1.807) is 0 Å². The molecule has 3 nitrogen and oxygen atoms in total. The lowest BCUT2D eigenvalue weighted by Crippen LogP contribution is -2.01. The van der Waals surface area contributed by atoms with Crippen LogP contribution < -0.4 is 0 Å². The predicted octanol–water partition coefficient (Wildman–Crippen LogP) is 3.73. The van der Waals surface area contributed by atoms with Gasteiger partial charge >= 0.3 is 0 Å². The van der Waals surface area contributed by atoms with Crippen LogP contribution in [-0.4, -0.2) is 14.7 Å². The van der Waals surface area contributed by atoms with E-state index in [0.29, 0.717) is 0 Å². The fourth-order valence-corrected chi connectivity index (χ4v) is 3.02. The molecule has 2 heterocycles. The summed E-state index contributed by atoms with van der Waals surface area (Å²) in [4.78, 5) is 4.44. The SMILES string of the molecule is OCc1ccc2c(c1)c1ccccc1n2Cc1ccccn1. The highest BCUT2D eigenvalue weighted by molar-refractivity contribution is 6.08. The van der Waals surface area contributed by atoms with Gasteiger partial charge in [-0.05, 0) is 35.9 Å². The largest absolute Gasteiger partial charge is 0.392 e. The van der Waals surface area contributed by atoms with Gasteiger partial charge in [0.05, 0.1) is 18.8 Å². The van der Waals surface area contributed by atoms with Crippen LogP contribution in [-0.2, 0) is 13.2 Å². The highest BCUT2D eigenvalue weighted by atomic mass is 16.3. The summed E-state index contributed by atoms with van der Waals surface area (Å²) in [5.74, 6) is 0. The van der Waals surface area contributed by atoms with Crippen LogP contribution in [0.15, 0.2) is 66.9 Å². The van der Waals surface area contributed by atoms with Crippen molar-refractivity contribution in [1.29, 1.82) is 0 Å². The molecule has 0 radical (unpaired) electrons. The third kappa shape index (κ3) is 2.07. The van der Waals surface area contributed by atoms with Crippen molar-refractivity contribution < 1.29 is 5.11 Å². The first kappa shape index (κ1) is 13.0. The highest BCUT2D eigenvalue weighted by Crippen LogP contribution is 2.30. The Labute approximate surface area is 128 Å². The van der Waals surface area contributed by atoms with Crippen molar-refractivity contribution in [3.8, 4) is 0 Å². The van der Waals surface area contributed by atoms with Crippen molar-refractivity contribution in [2.75, 3.05) is 0 Å². The maximum Gasteiger partial charge on any atom is 0.0682 e. The molecule has 3 heteroatoms. The Morgan fingerprint density at radius 3 is 2.50 bits per heavy atom. The monoisotopic (exact) mass is 288 g/mol. The molecule has 0 amide bonds. The van der Waals surface area contributed by atoms with E-state index in [1.165, 1.54) is 21.8 Å². The Hall–Kier alpha value is -2.65. The van der Waals surface area contributed by atoms with Crippen LogP contribution in [0, 0.1) is 0 Å². The zero-order chi connectivity index (χ0) is 14.9. The summed E-state index contributed by atoms with van der Waals surface area (Å²) in [7, 11) is 0. The van der Waals surface area contributed by atoms with Crippen LogP contribution in [0.4, 0.5) is 0 Å². The van der Waals surface area contributed by atoms with Gasteiger partial charge in [-0.2, -0.15) is 0 Å². The van der Waals surface area contributed by atoms with Gasteiger partial charge in [0.2, 0.25) is 0 Å². The molecule has 0 saturated heterocycles. The molecule has 4 aromatic rings. The first-order valence-electron chi connectivity index (χ1n) is 7.37. The van der Waals surface area contributed by atoms with Crippen LogP contribution >= 0.6 is 0 Å². The number of aliphatic hydroxyl groups excluding tert-OH is 1. The van der Waals surface area contributed by atoms with Crippen LogP contribution in [0.1, 0.15) is 11.3 Å². The smallest absolute Gasteiger partial charge is 0.0682 e. The van der Waals surface area contributed by atoms with Crippen LogP contribution in [0.3, 0.4) is 0 Å². The average molecular weight is 288 g/mol. The van der Waals surface area contributed by atoms with Gasteiger partial charge in [-0.1, -0.05) is 30.3 Å². The molecular formula is C19H16N2O. The second-order valence-corrected chi connectivity index (χ2v) is 5.43. The van der Waals surface area contributed by atoms with E-state index < -0.39 is 0 Å². The second kappa shape index (κ2) is 5.28. The van der Waals surface area contributed by atoms with Gasteiger partial charge in [0.1, 0.15) is 0 Å². The fraction of sp³-hybridized carbons (Fsp3) is 0.105. The van der Waals surface area contributed by atoms with Crippen LogP contribution in [0.25, 0.3) is 21.8 Å². The molecule has 108 valence electrons. The van der Waals surface area contributed by atoms with E-state index in [1.807, 2.05) is 30.5 Å². The van der Waals surface area contributed by atoms with Crippen molar-refractivity contribution in [3.63, 3.8) is 0 Å². The van der Waals surface area contributed by atoms with Crippen LogP contribution in [0.5, 0.6) is 0 Å². The zero-order valence-electron chi connectivity index (χ0n) is 12.1. The molecule has 0 atom stereocenters. The number of aromatic nitrogens is 2.